The molecule has 0 radical (unpaired) electrons. The maximum absolute atomic E-state index is 11.0. The van der Waals surface area contributed by atoms with Crippen LogP contribution in [0.5, 0.6) is 0 Å². The third-order valence-electron chi connectivity index (χ3n) is 1.45. The van der Waals surface area contributed by atoms with Crippen LogP contribution in [0.1, 0.15) is 13.3 Å². The first-order valence-electron chi connectivity index (χ1n) is 4.63. The summed E-state index contributed by atoms with van der Waals surface area (Å²) < 4.78 is 14.6. The lowest BCUT2D eigenvalue weighted by Crippen LogP contribution is -2.12. The van der Waals surface area contributed by atoms with Crippen molar-refractivity contribution in [2.75, 3.05) is 20.5 Å². The Morgan fingerprint density at radius 1 is 1.60 bits per heavy atom. The molecule has 0 spiro atoms. The van der Waals surface area contributed by atoms with Gasteiger partial charge in [0.05, 0.1) is 12.7 Å². The largest absolute Gasteiger partial charge is 0.463 e. The molecule has 0 aliphatic rings. The molecule has 0 bridgehead atoms. The van der Waals surface area contributed by atoms with E-state index in [1.165, 1.54) is 13.2 Å². The van der Waals surface area contributed by atoms with Crippen LogP contribution in [0.15, 0.2) is 12.2 Å². The Balaban J connectivity index is 4.03. The van der Waals surface area contributed by atoms with Gasteiger partial charge in [-0.15, -0.1) is 12.3 Å². The molecule has 0 aliphatic heterocycles. The lowest BCUT2D eigenvalue weighted by molar-refractivity contribution is -0.137. The summed E-state index contributed by atoms with van der Waals surface area (Å²) in [6.45, 7) is 2.23. The number of hydrogen-bond acceptors (Lipinski definition) is 4. The van der Waals surface area contributed by atoms with Gasteiger partial charge in [-0.1, -0.05) is 0 Å². The summed E-state index contributed by atoms with van der Waals surface area (Å²) in [6.07, 6.45) is 8.09. The van der Waals surface area contributed by atoms with Gasteiger partial charge in [-0.25, -0.2) is 4.79 Å². The van der Waals surface area contributed by atoms with E-state index in [0.717, 1.165) is 0 Å². The van der Waals surface area contributed by atoms with Gasteiger partial charge >= 0.3 is 5.97 Å². The molecule has 0 aromatic heterocycles. The quantitative estimate of drug-likeness (QED) is 0.274. The molecule has 0 saturated carbocycles. The second-order valence-electron chi connectivity index (χ2n) is 2.63. The van der Waals surface area contributed by atoms with Gasteiger partial charge in [0.25, 0.3) is 0 Å². The van der Waals surface area contributed by atoms with Gasteiger partial charge in [-0.2, -0.15) is 0 Å². The summed E-state index contributed by atoms with van der Waals surface area (Å²) in [6, 6.07) is 0. The second kappa shape index (κ2) is 9.25. The van der Waals surface area contributed by atoms with E-state index in [-0.39, 0.29) is 12.9 Å². The van der Waals surface area contributed by atoms with Crippen LogP contribution in [0.3, 0.4) is 0 Å². The average Bonchev–Trinajstić information content (AvgIpc) is 2.22. The molecule has 0 saturated heterocycles. The first-order valence-corrected chi connectivity index (χ1v) is 4.63. The van der Waals surface area contributed by atoms with Crippen molar-refractivity contribution in [3.05, 3.63) is 12.2 Å². The normalized spacial score (nSPS) is 12.3. The van der Waals surface area contributed by atoms with Crippen molar-refractivity contribution >= 4 is 5.97 Å². The monoisotopic (exact) mass is 212 g/mol. The van der Waals surface area contributed by atoms with E-state index >= 15 is 0 Å². The molecular formula is C11H16O4. The Morgan fingerprint density at radius 3 is 2.87 bits per heavy atom. The number of esters is 1. The van der Waals surface area contributed by atoms with Crippen LogP contribution < -0.4 is 0 Å². The highest BCUT2D eigenvalue weighted by Gasteiger charge is 2.04. The van der Waals surface area contributed by atoms with Gasteiger partial charge in [0, 0.05) is 19.6 Å². The molecule has 4 heteroatoms. The summed E-state index contributed by atoms with van der Waals surface area (Å²) in [5.74, 6) is 2.05. The van der Waals surface area contributed by atoms with Gasteiger partial charge in [-0.05, 0) is 13.0 Å². The maximum atomic E-state index is 11.0. The van der Waals surface area contributed by atoms with Crippen LogP contribution in [-0.2, 0) is 19.0 Å². The fraction of sp³-hybridized carbons (Fsp3) is 0.545. The molecule has 0 amide bonds. The second-order valence-corrected chi connectivity index (χ2v) is 2.63. The van der Waals surface area contributed by atoms with Crippen molar-refractivity contribution in [2.45, 2.75) is 19.4 Å². The highest BCUT2D eigenvalue weighted by atomic mass is 16.7. The molecule has 0 N–H and O–H groups in total. The zero-order valence-electron chi connectivity index (χ0n) is 9.06. The lowest BCUT2D eigenvalue weighted by atomic mass is 10.2. The summed E-state index contributed by atoms with van der Waals surface area (Å²) in [5.41, 5.74) is 0. The molecule has 0 aromatic carbocycles. The van der Waals surface area contributed by atoms with Crippen molar-refractivity contribution in [1.82, 2.24) is 0 Å². The molecule has 4 nitrogen and oxygen atoms in total. The Bertz CT molecular complexity index is 239. The molecule has 1 atom stereocenters. The van der Waals surface area contributed by atoms with E-state index in [1.807, 2.05) is 0 Å². The number of methoxy groups -OCH3 is 1. The zero-order valence-corrected chi connectivity index (χ0v) is 9.06. The summed E-state index contributed by atoms with van der Waals surface area (Å²) in [4.78, 5) is 11.0. The minimum Gasteiger partial charge on any atom is -0.463 e. The zero-order chi connectivity index (χ0) is 11.5. The van der Waals surface area contributed by atoms with Crippen molar-refractivity contribution < 1.29 is 19.0 Å². The van der Waals surface area contributed by atoms with Crippen LogP contribution in [0.2, 0.25) is 0 Å². The summed E-state index contributed by atoms with van der Waals surface area (Å²) >= 11 is 0. The van der Waals surface area contributed by atoms with Crippen LogP contribution in [0.4, 0.5) is 0 Å². The van der Waals surface area contributed by atoms with Crippen molar-refractivity contribution in [3.8, 4) is 12.3 Å². The first-order chi connectivity index (χ1) is 7.24. The maximum Gasteiger partial charge on any atom is 0.330 e. The Hall–Kier alpha value is -1.31. The summed E-state index contributed by atoms with van der Waals surface area (Å²) in [7, 11) is 1.52. The van der Waals surface area contributed by atoms with Crippen LogP contribution in [0.25, 0.3) is 0 Å². The molecular weight excluding hydrogens is 196 g/mol. The van der Waals surface area contributed by atoms with Crippen molar-refractivity contribution in [1.29, 1.82) is 0 Å². The fourth-order valence-corrected chi connectivity index (χ4v) is 0.830. The Kier molecular flexibility index (Phi) is 8.44. The third-order valence-corrected chi connectivity index (χ3v) is 1.45. The molecule has 84 valence electrons. The average molecular weight is 212 g/mol. The molecule has 0 aliphatic carbocycles. The van der Waals surface area contributed by atoms with Crippen molar-refractivity contribution in [3.63, 3.8) is 0 Å². The SMILES string of the molecule is C#CC[C@H](/C=C/C(=O)OCC)OCOC. The van der Waals surface area contributed by atoms with Gasteiger partial charge in [0.2, 0.25) is 0 Å². The number of ether oxygens (including phenoxy) is 3. The molecule has 0 heterocycles. The van der Waals surface area contributed by atoms with Gasteiger partial charge in [-0.3, -0.25) is 0 Å². The topological polar surface area (TPSA) is 44.8 Å². The van der Waals surface area contributed by atoms with Crippen molar-refractivity contribution in [2.24, 2.45) is 0 Å². The van der Waals surface area contributed by atoms with E-state index in [4.69, 9.17) is 20.6 Å². The Labute approximate surface area is 90.2 Å². The van der Waals surface area contributed by atoms with Crippen LogP contribution in [0, 0.1) is 12.3 Å². The number of terminal acetylenes is 1. The summed E-state index contributed by atoms with van der Waals surface area (Å²) in [5, 5.41) is 0. The molecule has 0 rings (SSSR count). The van der Waals surface area contributed by atoms with Gasteiger partial charge in [0.15, 0.2) is 0 Å². The number of rotatable bonds is 7. The number of carbonyl (C=O) groups is 1. The predicted molar refractivity (Wildman–Crippen MR) is 56.0 cm³/mol. The van der Waals surface area contributed by atoms with E-state index < -0.39 is 5.97 Å². The fourth-order valence-electron chi connectivity index (χ4n) is 0.830. The van der Waals surface area contributed by atoms with Gasteiger partial charge in [0.1, 0.15) is 6.79 Å². The lowest BCUT2D eigenvalue weighted by Gasteiger charge is -2.09. The van der Waals surface area contributed by atoms with E-state index in [9.17, 15) is 4.79 Å². The third kappa shape index (κ3) is 7.74. The highest BCUT2D eigenvalue weighted by Crippen LogP contribution is 2.00. The molecule has 15 heavy (non-hydrogen) atoms. The van der Waals surface area contributed by atoms with E-state index in [0.29, 0.717) is 13.0 Å². The standard InChI is InChI=1S/C11H16O4/c1-4-6-10(15-9-13-3)7-8-11(12)14-5-2/h1,7-8,10H,5-6,9H2,2-3H3/b8-7+/t10-/m1/s1. The number of hydrogen-bond donors (Lipinski definition) is 0. The molecule has 0 unspecified atom stereocenters. The van der Waals surface area contributed by atoms with E-state index in [1.54, 1.807) is 13.0 Å². The number of carbonyl (C=O) groups excluding carboxylic acids is 1. The molecule has 0 fully saturated rings. The smallest absolute Gasteiger partial charge is 0.330 e. The molecule has 0 aromatic rings. The Morgan fingerprint density at radius 2 is 2.33 bits per heavy atom. The van der Waals surface area contributed by atoms with Gasteiger partial charge < -0.3 is 14.2 Å². The predicted octanol–water partition coefficient (Wildman–Crippen LogP) is 1.12. The van der Waals surface area contributed by atoms with Crippen LogP contribution >= 0.6 is 0 Å². The van der Waals surface area contributed by atoms with E-state index in [2.05, 4.69) is 5.92 Å². The minimum atomic E-state index is -0.402. The van der Waals surface area contributed by atoms with Crippen LogP contribution in [-0.4, -0.2) is 32.6 Å². The highest BCUT2D eigenvalue weighted by molar-refractivity contribution is 5.81. The minimum absolute atomic E-state index is 0.138. The first kappa shape index (κ1) is 13.7.